The van der Waals surface area contributed by atoms with E-state index in [2.05, 4.69) is 116 Å². The van der Waals surface area contributed by atoms with Crippen molar-refractivity contribution in [2.45, 2.75) is 47.0 Å². The van der Waals surface area contributed by atoms with Crippen LogP contribution >= 0.6 is 0 Å². The van der Waals surface area contributed by atoms with Gasteiger partial charge in [-0.3, -0.25) is 0 Å². The van der Waals surface area contributed by atoms with E-state index in [0.29, 0.717) is 0 Å². The fraction of sp³-hybridized carbons (Fsp3) is 0.226. The summed E-state index contributed by atoms with van der Waals surface area (Å²) in [6.07, 6.45) is 0. The van der Waals surface area contributed by atoms with E-state index in [0.717, 1.165) is 11.4 Å². The molecule has 0 unspecified atom stereocenters. The molecule has 0 saturated heterocycles. The minimum atomic E-state index is 0.0233. The molecule has 4 aromatic carbocycles. The molecule has 1 aliphatic rings. The monoisotopic (exact) mass is 421 g/mol. The number of hydrogen-bond donors (Lipinski definition) is 1. The van der Waals surface area contributed by atoms with Gasteiger partial charge >= 0.3 is 0 Å². The third-order valence-corrected chi connectivity index (χ3v) is 5.84. The number of fused-ring (bicyclic) bond motifs is 3. The van der Waals surface area contributed by atoms with Crippen LogP contribution in [0.3, 0.4) is 0 Å². The van der Waals surface area contributed by atoms with Crippen molar-refractivity contribution in [1.82, 2.24) is 0 Å². The molecule has 1 N–H and O–H groups in total. The van der Waals surface area contributed by atoms with Crippen LogP contribution in [0.4, 0.5) is 11.4 Å². The van der Waals surface area contributed by atoms with Crippen molar-refractivity contribution < 1.29 is 0 Å². The molecule has 1 heteroatoms. The maximum absolute atomic E-state index is 3.61. The Labute approximate surface area is 194 Å². The van der Waals surface area contributed by atoms with Crippen molar-refractivity contribution in [3.8, 4) is 22.3 Å². The standard InChI is InChI=1S/C27H23N.2C2H6/c1-27(2)25-14-7-6-13-23(25)24-16-15-22(18-26(24)27)28-21-12-8-11-20(17-21)19-9-4-3-5-10-19;2*1-2/h3-18,28H,1-2H3;2*1-2H3. The van der Waals surface area contributed by atoms with E-state index in [1.165, 1.54) is 33.4 Å². The van der Waals surface area contributed by atoms with Crippen molar-refractivity contribution in [3.63, 3.8) is 0 Å². The molecule has 1 aliphatic carbocycles. The minimum Gasteiger partial charge on any atom is -0.356 e. The van der Waals surface area contributed by atoms with Crippen molar-refractivity contribution in [2.75, 3.05) is 5.32 Å². The van der Waals surface area contributed by atoms with Gasteiger partial charge in [0.2, 0.25) is 0 Å². The lowest BCUT2D eigenvalue weighted by Crippen LogP contribution is -2.15. The number of rotatable bonds is 3. The van der Waals surface area contributed by atoms with E-state index < -0.39 is 0 Å². The SMILES string of the molecule is CC.CC.CC1(C)c2ccccc2-c2ccc(Nc3cccc(-c4ccccc4)c3)cc21. The second-order valence-corrected chi connectivity index (χ2v) is 8.00. The highest BCUT2D eigenvalue weighted by Crippen LogP contribution is 2.49. The molecule has 0 fully saturated rings. The fourth-order valence-electron chi connectivity index (χ4n) is 4.36. The molecule has 0 heterocycles. The Kier molecular flexibility index (Phi) is 7.53. The highest BCUT2D eigenvalue weighted by atomic mass is 14.9. The number of anilines is 2. The topological polar surface area (TPSA) is 12.0 Å². The van der Waals surface area contributed by atoms with Crippen LogP contribution in [0.5, 0.6) is 0 Å². The second-order valence-electron chi connectivity index (χ2n) is 8.00. The lowest BCUT2D eigenvalue weighted by atomic mass is 9.82. The number of nitrogens with one attached hydrogen (secondary N) is 1. The molecular formula is C31H35N. The predicted molar refractivity (Wildman–Crippen MR) is 142 cm³/mol. The molecule has 1 nitrogen and oxygen atoms in total. The normalized spacial score (nSPS) is 12.3. The van der Waals surface area contributed by atoms with Gasteiger partial charge in [0.05, 0.1) is 0 Å². The molecule has 0 saturated carbocycles. The average molecular weight is 422 g/mol. The zero-order chi connectivity index (χ0) is 23.1. The summed E-state index contributed by atoms with van der Waals surface area (Å²) >= 11 is 0. The molecule has 0 radical (unpaired) electrons. The highest BCUT2D eigenvalue weighted by Gasteiger charge is 2.35. The molecule has 0 bridgehead atoms. The van der Waals surface area contributed by atoms with Crippen LogP contribution in [0.2, 0.25) is 0 Å². The molecule has 0 amide bonds. The van der Waals surface area contributed by atoms with Gasteiger partial charge < -0.3 is 5.32 Å². The van der Waals surface area contributed by atoms with Gasteiger partial charge in [0, 0.05) is 16.8 Å². The lowest BCUT2D eigenvalue weighted by Gasteiger charge is -2.22. The Balaban J connectivity index is 0.000000686. The third-order valence-electron chi connectivity index (χ3n) is 5.84. The van der Waals surface area contributed by atoms with Gasteiger partial charge in [0.25, 0.3) is 0 Å². The first-order chi connectivity index (χ1) is 15.6. The van der Waals surface area contributed by atoms with Gasteiger partial charge in [-0.25, -0.2) is 0 Å². The Bertz CT molecular complexity index is 1160. The molecular weight excluding hydrogens is 386 g/mol. The van der Waals surface area contributed by atoms with E-state index in [4.69, 9.17) is 0 Å². The fourth-order valence-corrected chi connectivity index (χ4v) is 4.36. The zero-order valence-corrected chi connectivity index (χ0v) is 20.2. The van der Waals surface area contributed by atoms with E-state index in [1.807, 2.05) is 27.7 Å². The second kappa shape index (κ2) is 10.3. The summed E-state index contributed by atoms with van der Waals surface area (Å²) in [5.74, 6) is 0. The Morgan fingerprint density at radius 1 is 0.500 bits per heavy atom. The van der Waals surface area contributed by atoms with Crippen LogP contribution < -0.4 is 5.32 Å². The van der Waals surface area contributed by atoms with Crippen molar-refractivity contribution >= 4 is 11.4 Å². The number of benzene rings is 4. The van der Waals surface area contributed by atoms with Crippen LogP contribution in [0.1, 0.15) is 52.7 Å². The third kappa shape index (κ3) is 4.48. The predicted octanol–water partition coefficient (Wildman–Crippen LogP) is 9.46. The summed E-state index contributed by atoms with van der Waals surface area (Å²) in [5.41, 5.74) is 10.2. The molecule has 5 rings (SSSR count). The Hall–Kier alpha value is -3.32. The lowest BCUT2D eigenvalue weighted by molar-refractivity contribution is 0.660. The van der Waals surface area contributed by atoms with Crippen molar-refractivity contribution in [1.29, 1.82) is 0 Å². The molecule has 0 atom stereocenters. The van der Waals surface area contributed by atoms with Crippen molar-refractivity contribution in [2.24, 2.45) is 0 Å². The van der Waals surface area contributed by atoms with Crippen molar-refractivity contribution in [3.05, 3.63) is 108 Å². The molecule has 0 aliphatic heterocycles. The zero-order valence-electron chi connectivity index (χ0n) is 20.2. The van der Waals surface area contributed by atoms with Gasteiger partial charge in [-0.2, -0.15) is 0 Å². The summed E-state index contributed by atoms with van der Waals surface area (Å²) in [6.45, 7) is 12.6. The molecule has 32 heavy (non-hydrogen) atoms. The summed E-state index contributed by atoms with van der Waals surface area (Å²) < 4.78 is 0. The van der Waals surface area contributed by atoms with Gasteiger partial charge in [-0.05, 0) is 57.6 Å². The van der Waals surface area contributed by atoms with E-state index in [1.54, 1.807) is 0 Å². The maximum Gasteiger partial charge on any atom is 0.0390 e. The van der Waals surface area contributed by atoms with Gasteiger partial charge in [-0.15, -0.1) is 0 Å². The Morgan fingerprint density at radius 3 is 1.84 bits per heavy atom. The van der Waals surface area contributed by atoms with Crippen LogP contribution in [0.15, 0.2) is 97.1 Å². The van der Waals surface area contributed by atoms with E-state index >= 15 is 0 Å². The van der Waals surface area contributed by atoms with E-state index in [-0.39, 0.29) is 5.41 Å². The first kappa shape index (κ1) is 23.3. The van der Waals surface area contributed by atoms with Gasteiger partial charge in [0.15, 0.2) is 0 Å². The van der Waals surface area contributed by atoms with Gasteiger partial charge in [-0.1, -0.05) is 114 Å². The first-order valence-electron chi connectivity index (χ1n) is 11.8. The number of hydrogen-bond acceptors (Lipinski definition) is 1. The summed E-state index contributed by atoms with van der Waals surface area (Å²) in [6, 6.07) is 34.6. The summed E-state index contributed by atoms with van der Waals surface area (Å²) in [5, 5.41) is 3.61. The highest BCUT2D eigenvalue weighted by molar-refractivity contribution is 5.83. The van der Waals surface area contributed by atoms with Gasteiger partial charge in [0.1, 0.15) is 0 Å². The molecule has 164 valence electrons. The van der Waals surface area contributed by atoms with E-state index in [9.17, 15) is 0 Å². The van der Waals surface area contributed by atoms with Crippen LogP contribution in [0, 0.1) is 0 Å². The molecule has 0 aromatic heterocycles. The molecule has 4 aromatic rings. The quantitative estimate of drug-likeness (QED) is 0.347. The van der Waals surface area contributed by atoms with Crippen LogP contribution in [-0.2, 0) is 5.41 Å². The van der Waals surface area contributed by atoms with Crippen LogP contribution in [-0.4, -0.2) is 0 Å². The average Bonchev–Trinajstić information content (AvgIpc) is 3.09. The summed E-state index contributed by atoms with van der Waals surface area (Å²) in [4.78, 5) is 0. The Morgan fingerprint density at radius 2 is 1.09 bits per heavy atom. The molecule has 0 spiro atoms. The smallest absolute Gasteiger partial charge is 0.0390 e. The van der Waals surface area contributed by atoms with Crippen LogP contribution in [0.25, 0.3) is 22.3 Å². The largest absolute Gasteiger partial charge is 0.356 e. The maximum atomic E-state index is 3.61. The minimum absolute atomic E-state index is 0.0233. The first-order valence-corrected chi connectivity index (χ1v) is 11.8. The summed E-state index contributed by atoms with van der Waals surface area (Å²) in [7, 11) is 0.